The molecule has 1 aromatic carbocycles. The van der Waals surface area contributed by atoms with Gasteiger partial charge in [0.25, 0.3) is 0 Å². The van der Waals surface area contributed by atoms with E-state index in [0.29, 0.717) is 12.4 Å². The molecule has 0 aromatic heterocycles. The Kier molecular flexibility index (Phi) is 4.80. The van der Waals surface area contributed by atoms with Gasteiger partial charge in [-0.15, -0.1) is 0 Å². The summed E-state index contributed by atoms with van der Waals surface area (Å²) in [6, 6.07) is 6.21. The highest BCUT2D eigenvalue weighted by Crippen LogP contribution is 2.24. The average Bonchev–Trinajstić information content (AvgIpc) is 2.56. The minimum atomic E-state index is -0.339. The molecular weight excluding hydrogens is 242 g/mol. The molecule has 19 heavy (non-hydrogen) atoms. The number of benzene rings is 1. The molecule has 1 aromatic rings. The third-order valence-corrected chi connectivity index (χ3v) is 3.34. The van der Waals surface area contributed by atoms with E-state index in [2.05, 4.69) is 6.07 Å². The van der Waals surface area contributed by atoms with E-state index in [1.165, 1.54) is 11.1 Å². The number of fused-ring (bicyclic) bond motifs is 1. The van der Waals surface area contributed by atoms with Crippen LogP contribution in [0.2, 0.25) is 0 Å². The lowest BCUT2D eigenvalue weighted by Crippen LogP contribution is -2.21. The fraction of sp³-hybridized carbons (Fsp3) is 0.533. The zero-order valence-electron chi connectivity index (χ0n) is 11.4. The third kappa shape index (κ3) is 3.96. The van der Waals surface area contributed by atoms with Crippen molar-refractivity contribution in [3.8, 4) is 5.75 Å². The zero-order valence-corrected chi connectivity index (χ0v) is 11.4. The number of carbonyl (C=O) groups excluding carboxylic acids is 1. The SMILES string of the molecule is CCOC(=O)COc1ccc2c(c1)C[C@@H](N)CCC2. The second kappa shape index (κ2) is 6.57. The molecule has 4 heteroatoms. The Labute approximate surface area is 113 Å². The van der Waals surface area contributed by atoms with Gasteiger partial charge < -0.3 is 15.2 Å². The maximum Gasteiger partial charge on any atom is 0.344 e. The summed E-state index contributed by atoms with van der Waals surface area (Å²) in [5.41, 5.74) is 8.63. The van der Waals surface area contributed by atoms with Crippen LogP contribution in [0.15, 0.2) is 18.2 Å². The van der Waals surface area contributed by atoms with Crippen LogP contribution in [-0.2, 0) is 22.4 Å². The summed E-state index contributed by atoms with van der Waals surface area (Å²) in [6.07, 6.45) is 4.15. The Morgan fingerprint density at radius 3 is 3.05 bits per heavy atom. The number of rotatable bonds is 4. The molecule has 0 bridgehead atoms. The van der Waals surface area contributed by atoms with Gasteiger partial charge in [-0.1, -0.05) is 6.07 Å². The summed E-state index contributed by atoms with van der Waals surface area (Å²) in [5.74, 6) is 0.370. The van der Waals surface area contributed by atoms with Crippen LogP contribution >= 0.6 is 0 Å². The summed E-state index contributed by atoms with van der Waals surface area (Å²) < 4.78 is 10.3. The number of ether oxygens (including phenoxy) is 2. The first-order valence-corrected chi connectivity index (χ1v) is 6.85. The molecule has 0 saturated heterocycles. The number of aryl methyl sites for hydroxylation is 1. The average molecular weight is 263 g/mol. The van der Waals surface area contributed by atoms with E-state index in [4.69, 9.17) is 15.2 Å². The van der Waals surface area contributed by atoms with Gasteiger partial charge in [-0.25, -0.2) is 4.79 Å². The van der Waals surface area contributed by atoms with E-state index in [9.17, 15) is 4.79 Å². The summed E-state index contributed by atoms with van der Waals surface area (Å²) >= 11 is 0. The minimum Gasteiger partial charge on any atom is -0.482 e. The monoisotopic (exact) mass is 263 g/mol. The highest BCUT2D eigenvalue weighted by molar-refractivity contribution is 5.71. The van der Waals surface area contributed by atoms with Crippen LogP contribution in [0.4, 0.5) is 0 Å². The molecule has 0 aliphatic heterocycles. The molecule has 0 spiro atoms. The topological polar surface area (TPSA) is 61.5 Å². The second-order valence-corrected chi connectivity index (χ2v) is 4.88. The smallest absolute Gasteiger partial charge is 0.344 e. The Bertz CT molecular complexity index is 445. The lowest BCUT2D eigenvalue weighted by Gasteiger charge is -2.11. The lowest BCUT2D eigenvalue weighted by molar-refractivity contribution is -0.145. The first kappa shape index (κ1) is 13.9. The summed E-state index contributed by atoms with van der Waals surface area (Å²) in [7, 11) is 0. The molecule has 4 nitrogen and oxygen atoms in total. The standard InChI is InChI=1S/C15H21NO3/c1-2-18-15(17)10-19-14-7-6-11-4-3-5-13(16)8-12(11)9-14/h6-7,9,13H,2-5,8,10,16H2,1H3/t13-/m0/s1. The predicted molar refractivity (Wildman–Crippen MR) is 73.2 cm³/mol. The van der Waals surface area contributed by atoms with Crippen molar-refractivity contribution in [1.29, 1.82) is 0 Å². The van der Waals surface area contributed by atoms with Crippen LogP contribution in [-0.4, -0.2) is 25.2 Å². The fourth-order valence-corrected chi connectivity index (χ4v) is 2.41. The molecular formula is C15H21NO3. The molecule has 2 N–H and O–H groups in total. The van der Waals surface area contributed by atoms with Crippen LogP contribution < -0.4 is 10.5 Å². The molecule has 1 aliphatic carbocycles. The van der Waals surface area contributed by atoms with Gasteiger partial charge in [-0.05, 0) is 55.9 Å². The van der Waals surface area contributed by atoms with E-state index in [0.717, 1.165) is 25.7 Å². The van der Waals surface area contributed by atoms with Crippen molar-refractivity contribution in [3.63, 3.8) is 0 Å². The minimum absolute atomic E-state index is 0.0430. The first-order chi connectivity index (χ1) is 9.19. The van der Waals surface area contributed by atoms with Crippen molar-refractivity contribution in [2.75, 3.05) is 13.2 Å². The van der Waals surface area contributed by atoms with Crippen LogP contribution in [0.1, 0.15) is 30.9 Å². The quantitative estimate of drug-likeness (QED) is 0.665. The van der Waals surface area contributed by atoms with Gasteiger partial charge >= 0.3 is 5.97 Å². The number of carbonyl (C=O) groups is 1. The largest absolute Gasteiger partial charge is 0.482 e. The van der Waals surface area contributed by atoms with Crippen LogP contribution in [0, 0.1) is 0 Å². The van der Waals surface area contributed by atoms with Gasteiger partial charge in [0.15, 0.2) is 6.61 Å². The van der Waals surface area contributed by atoms with E-state index in [1.807, 2.05) is 12.1 Å². The predicted octanol–water partition coefficient (Wildman–Crippen LogP) is 1.83. The van der Waals surface area contributed by atoms with Gasteiger partial charge in [0.2, 0.25) is 0 Å². The maximum atomic E-state index is 11.2. The highest BCUT2D eigenvalue weighted by Gasteiger charge is 2.14. The molecule has 0 unspecified atom stereocenters. The number of hydrogen-bond acceptors (Lipinski definition) is 4. The summed E-state index contributed by atoms with van der Waals surface area (Å²) in [6.45, 7) is 2.11. The number of nitrogens with two attached hydrogens (primary N) is 1. The van der Waals surface area contributed by atoms with Crippen molar-refractivity contribution in [3.05, 3.63) is 29.3 Å². The molecule has 1 aliphatic rings. The van der Waals surface area contributed by atoms with Crippen molar-refractivity contribution >= 4 is 5.97 Å². The Hall–Kier alpha value is -1.55. The molecule has 0 saturated carbocycles. The van der Waals surface area contributed by atoms with Crippen LogP contribution in [0.3, 0.4) is 0 Å². The summed E-state index contributed by atoms with van der Waals surface area (Å²) in [5, 5.41) is 0. The molecule has 0 amide bonds. The van der Waals surface area contributed by atoms with Gasteiger partial charge in [0, 0.05) is 6.04 Å². The van der Waals surface area contributed by atoms with E-state index >= 15 is 0 Å². The van der Waals surface area contributed by atoms with Crippen LogP contribution in [0.25, 0.3) is 0 Å². The molecule has 0 radical (unpaired) electrons. The molecule has 2 rings (SSSR count). The van der Waals surface area contributed by atoms with E-state index in [-0.39, 0.29) is 18.6 Å². The van der Waals surface area contributed by atoms with E-state index in [1.54, 1.807) is 6.92 Å². The maximum absolute atomic E-state index is 11.2. The highest BCUT2D eigenvalue weighted by atomic mass is 16.6. The first-order valence-electron chi connectivity index (χ1n) is 6.85. The number of esters is 1. The molecule has 1 atom stereocenters. The van der Waals surface area contributed by atoms with Gasteiger partial charge in [-0.3, -0.25) is 0 Å². The van der Waals surface area contributed by atoms with Crippen LogP contribution in [0.5, 0.6) is 5.75 Å². The van der Waals surface area contributed by atoms with Gasteiger partial charge in [0.1, 0.15) is 5.75 Å². The third-order valence-electron chi connectivity index (χ3n) is 3.34. The van der Waals surface area contributed by atoms with Gasteiger partial charge in [-0.2, -0.15) is 0 Å². The van der Waals surface area contributed by atoms with Crippen molar-refractivity contribution in [2.45, 2.75) is 38.6 Å². The summed E-state index contributed by atoms with van der Waals surface area (Å²) in [4.78, 5) is 11.2. The lowest BCUT2D eigenvalue weighted by atomic mass is 10.0. The van der Waals surface area contributed by atoms with Crippen molar-refractivity contribution in [1.82, 2.24) is 0 Å². The van der Waals surface area contributed by atoms with Gasteiger partial charge in [0.05, 0.1) is 6.61 Å². The zero-order chi connectivity index (χ0) is 13.7. The Morgan fingerprint density at radius 1 is 1.42 bits per heavy atom. The normalized spacial score (nSPS) is 18.3. The Balaban J connectivity index is 2.01. The number of hydrogen-bond donors (Lipinski definition) is 1. The fourth-order valence-electron chi connectivity index (χ4n) is 2.41. The van der Waals surface area contributed by atoms with Crippen molar-refractivity contribution < 1.29 is 14.3 Å². The second-order valence-electron chi connectivity index (χ2n) is 4.88. The van der Waals surface area contributed by atoms with E-state index < -0.39 is 0 Å². The Morgan fingerprint density at radius 2 is 2.26 bits per heavy atom. The molecule has 0 heterocycles. The molecule has 104 valence electrons. The molecule has 0 fully saturated rings. The van der Waals surface area contributed by atoms with Crippen molar-refractivity contribution in [2.24, 2.45) is 5.73 Å².